The highest BCUT2D eigenvalue weighted by Gasteiger charge is 2.26. The Labute approximate surface area is 192 Å². The number of halogens is 1. The van der Waals surface area contributed by atoms with E-state index in [1.807, 2.05) is 23.0 Å². The Bertz CT molecular complexity index is 1180. The summed E-state index contributed by atoms with van der Waals surface area (Å²) in [6.45, 7) is 2.82. The first-order chi connectivity index (χ1) is 15.7. The van der Waals surface area contributed by atoms with Crippen molar-refractivity contribution >= 4 is 28.8 Å². The number of amides is 1. The molecule has 2 aromatic heterocycles. The molecule has 0 radical (unpaired) electrons. The molecule has 2 heterocycles. The fourth-order valence-corrected chi connectivity index (χ4v) is 4.34. The Morgan fingerprint density at radius 1 is 1.24 bits per heavy atom. The largest absolute Gasteiger partial charge is 0.494 e. The molecular formula is C25H29FN4O3. The molecule has 1 amide bonds. The molecule has 0 N–H and O–H groups in total. The van der Waals surface area contributed by atoms with E-state index < -0.39 is 5.67 Å². The summed E-state index contributed by atoms with van der Waals surface area (Å²) in [6, 6.07) is 8.71. The molecule has 174 valence electrons. The first-order valence-corrected chi connectivity index (χ1v) is 11.2. The molecule has 4 rings (SSSR count). The molecule has 0 unspecified atom stereocenters. The number of aromatic nitrogens is 3. The van der Waals surface area contributed by atoms with Crippen molar-refractivity contribution in [1.82, 2.24) is 14.8 Å². The molecule has 3 aromatic rings. The number of hydrogen-bond donors (Lipinski definition) is 0. The summed E-state index contributed by atoms with van der Waals surface area (Å²) in [5, 5.41) is 5.61. The molecule has 1 aromatic carbocycles. The van der Waals surface area contributed by atoms with Gasteiger partial charge < -0.3 is 14.4 Å². The van der Waals surface area contributed by atoms with Crippen LogP contribution >= 0.6 is 0 Å². The second-order valence-corrected chi connectivity index (χ2v) is 9.14. The van der Waals surface area contributed by atoms with E-state index in [9.17, 15) is 14.0 Å². The summed E-state index contributed by atoms with van der Waals surface area (Å²) in [7, 11) is 3.19. The molecular weight excluding hydrogens is 423 g/mol. The van der Waals surface area contributed by atoms with E-state index in [2.05, 4.69) is 4.98 Å². The van der Waals surface area contributed by atoms with Crippen molar-refractivity contribution in [1.29, 1.82) is 0 Å². The number of benzene rings is 1. The van der Waals surface area contributed by atoms with Crippen LogP contribution in [0.1, 0.15) is 61.8 Å². The van der Waals surface area contributed by atoms with E-state index in [1.165, 1.54) is 18.7 Å². The fraction of sp³-hybridized carbons (Fsp3) is 0.440. The highest BCUT2D eigenvalue weighted by atomic mass is 19.1. The van der Waals surface area contributed by atoms with Crippen LogP contribution in [-0.4, -0.2) is 41.1 Å². The number of anilines is 1. The van der Waals surface area contributed by atoms with E-state index in [1.54, 1.807) is 32.4 Å². The SMILES string of the molecule is COc1cc2nn(C3CCC(C=O)CC3)cc2cc1N(C)C(=O)c1cccc(C(C)(C)F)n1. The van der Waals surface area contributed by atoms with E-state index in [4.69, 9.17) is 9.84 Å². The van der Waals surface area contributed by atoms with Gasteiger partial charge in [0.1, 0.15) is 23.4 Å². The number of nitrogens with zero attached hydrogens (tertiary/aromatic N) is 4. The lowest BCUT2D eigenvalue weighted by Crippen LogP contribution is -2.28. The molecule has 1 aliphatic rings. The Hall–Kier alpha value is -3.29. The van der Waals surface area contributed by atoms with Crippen LogP contribution in [0.4, 0.5) is 10.1 Å². The number of carbonyl (C=O) groups is 2. The van der Waals surface area contributed by atoms with Gasteiger partial charge in [-0.1, -0.05) is 6.07 Å². The maximum absolute atomic E-state index is 14.3. The third kappa shape index (κ3) is 4.60. The van der Waals surface area contributed by atoms with E-state index in [0.717, 1.165) is 42.9 Å². The normalized spacial score (nSPS) is 18.8. The van der Waals surface area contributed by atoms with Crippen molar-refractivity contribution < 1.29 is 18.7 Å². The quantitative estimate of drug-likeness (QED) is 0.500. The predicted molar refractivity (Wildman–Crippen MR) is 124 cm³/mol. The van der Waals surface area contributed by atoms with Crippen molar-refractivity contribution in [2.75, 3.05) is 19.1 Å². The summed E-state index contributed by atoms with van der Waals surface area (Å²) in [5.41, 5.74) is 0.0599. The van der Waals surface area contributed by atoms with Crippen LogP contribution in [0.5, 0.6) is 5.75 Å². The minimum atomic E-state index is -1.65. The average molecular weight is 453 g/mol. The Morgan fingerprint density at radius 3 is 2.61 bits per heavy atom. The Kier molecular flexibility index (Phi) is 6.19. The van der Waals surface area contributed by atoms with Crippen LogP contribution in [0.2, 0.25) is 0 Å². The Morgan fingerprint density at radius 2 is 1.97 bits per heavy atom. The molecule has 1 saturated carbocycles. The molecule has 0 atom stereocenters. The van der Waals surface area contributed by atoms with Crippen molar-refractivity contribution in [2.45, 2.75) is 51.2 Å². The Balaban J connectivity index is 1.64. The van der Waals surface area contributed by atoms with E-state index in [-0.39, 0.29) is 29.3 Å². The number of hydrogen-bond acceptors (Lipinski definition) is 5. The topological polar surface area (TPSA) is 77.3 Å². The van der Waals surface area contributed by atoms with E-state index in [0.29, 0.717) is 11.4 Å². The zero-order chi connectivity index (χ0) is 23.8. The zero-order valence-electron chi connectivity index (χ0n) is 19.4. The van der Waals surface area contributed by atoms with Gasteiger partial charge in [0.25, 0.3) is 5.91 Å². The number of fused-ring (bicyclic) bond motifs is 1. The van der Waals surface area contributed by atoms with E-state index >= 15 is 0 Å². The number of ether oxygens (including phenoxy) is 1. The number of carbonyl (C=O) groups excluding carboxylic acids is 2. The monoisotopic (exact) mass is 452 g/mol. The van der Waals surface area contributed by atoms with Crippen LogP contribution in [0.25, 0.3) is 10.9 Å². The zero-order valence-corrected chi connectivity index (χ0v) is 19.4. The average Bonchev–Trinajstić information content (AvgIpc) is 3.25. The molecule has 7 nitrogen and oxygen atoms in total. The fourth-order valence-electron chi connectivity index (χ4n) is 4.34. The molecule has 0 aliphatic heterocycles. The highest BCUT2D eigenvalue weighted by Crippen LogP contribution is 2.36. The molecule has 0 saturated heterocycles. The number of pyridine rings is 1. The number of alkyl halides is 1. The summed E-state index contributed by atoms with van der Waals surface area (Å²) < 4.78 is 21.9. The van der Waals surface area contributed by atoms with Crippen LogP contribution in [0.3, 0.4) is 0 Å². The summed E-state index contributed by atoms with van der Waals surface area (Å²) in [6.07, 6.45) is 6.60. The third-order valence-electron chi connectivity index (χ3n) is 6.37. The van der Waals surface area contributed by atoms with Crippen molar-refractivity contribution in [3.63, 3.8) is 0 Å². The van der Waals surface area contributed by atoms with Gasteiger partial charge in [-0.05, 0) is 57.7 Å². The molecule has 1 aliphatic carbocycles. The molecule has 0 spiro atoms. The van der Waals surface area contributed by atoms with Crippen LogP contribution in [0.15, 0.2) is 36.5 Å². The van der Waals surface area contributed by atoms with Gasteiger partial charge in [-0.25, -0.2) is 9.37 Å². The van der Waals surface area contributed by atoms with Crippen LogP contribution in [-0.2, 0) is 10.5 Å². The first-order valence-electron chi connectivity index (χ1n) is 11.2. The highest BCUT2D eigenvalue weighted by molar-refractivity contribution is 6.06. The minimum Gasteiger partial charge on any atom is -0.494 e. The number of aldehydes is 1. The summed E-state index contributed by atoms with van der Waals surface area (Å²) in [4.78, 5) is 29.9. The van der Waals surface area contributed by atoms with Gasteiger partial charge in [0.2, 0.25) is 0 Å². The molecule has 8 heteroatoms. The molecule has 33 heavy (non-hydrogen) atoms. The molecule has 1 fully saturated rings. The van der Waals surface area contributed by atoms with Gasteiger partial charge in [0.05, 0.1) is 30.0 Å². The second kappa shape index (κ2) is 8.92. The number of methoxy groups -OCH3 is 1. The predicted octanol–water partition coefficient (Wildman–Crippen LogP) is 4.85. The van der Waals surface area contributed by atoms with Gasteiger partial charge >= 0.3 is 0 Å². The van der Waals surface area contributed by atoms with Crippen molar-refractivity contribution in [3.8, 4) is 5.75 Å². The minimum absolute atomic E-state index is 0.146. The number of rotatable bonds is 6. The van der Waals surface area contributed by atoms with Gasteiger partial charge in [-0.2, -0.15) is 5.10 Å². The smallest absolute Gasteiger partial charge is 0.276 e. The van der Waals surface area contributed by atoms with Gasteiger partial charge in [-0.15, -0.1) is 0 Å². The lowest BCUT2D eigenvalue weighted by Gasteiger charge is -2.25. The van der Waals surface area contributed by atoms with Crippen molar-refractivity contribution in [3.05, 3.63) is 47.9 Å². The third-order valence-corrected chi connectivity index (χ3v) is 6.37. The lowest BCUT2D eigenvalue weighted by atomic mass is 9.87. The first kappa shape index (κ1) is 22.9. The van der Waals surface area contributed by atoms with Crippen LogP contribution < -0.4 is 9.64 Å². The van der Waals surface area contributed by atoms with Gasteiger partial charge in [0, 0.05) is 30.6 Å². The van der Waals surface area contributed by atoms with Crippen LogP contribution in [0, 0.1) is 5.92 Å². The van der Waals surface area contributed by atoms with Gasteiger partial charge in [-0.3, -0.25) is 9.48 Å². The van der Waals surface area contributed by atoms with Gasteiger partial charge in [0.15, 0.2) is 0 Å². The van der Waals surface area contributed by atoms with Crippen molar-refractivity contribution in [2.24, 2.45) is 5.92 Å². The lowest BCUT2D eigenvalue weighted by molar-refractivity contribution is -0.112. The maximum atomic E-state index is 14.3. The standard InChI is InChI=1S/C25H29FN4O3/c1-25(2,26)23-7-5-6-19(27-23)24(32)29(3)21-12-17-14-30(28-20(17)13-22(21)33-4)18-10-8-16(15-31)9-11-18/h5-7,12-16,18H,8-11H2,1-4H3. The maximum Gasteiger partial charge on any atom is 0.276 e. The molecule has 0 bridgehead atoms. The second-order valence-electron chi connectivity index (χ2n) is 9.14. The summed E-state index contributed by atoms with van der Waals surface area (Å²) >= 11 is 0. The summed E-state index contributed by atoms with van der Waals surface area (Å²) in [5.74, 6) is 0.293.